The molecule has 1 aromatic carbocycles. The number of amides is 1. The van der Waals surface area contributed by atoms with Crippen LogP contribution >= 0.6 is 0 Å². The number of nitriles is 1. The van der Waals surface area contributed by atoms with Crippen LogP contribution in [0, 0.1) is 11.3 Å². The van der Waals surface area contributed by atoms with E-state index in [0.717, 1.165) is 12.1 Å². The summed E-state index contributed by atoms with van der Waals surface area (Å²) in [5, 5.41) is 11.2. The number of hydrogen-bond donors (Lipinski definition) is 1. The van der Waals surface area contributed by atoms with E-state index in [1.165, 1.54) is 12.1 Å². The van der Waals surface area contributed by atoms with Gasteiger partial charge in [-0.2, -0.15) is 18.4 Å². The van der Waals surface area contributed by atoms with E-state index in [0.29, 0.717) is 12.0 Å². The molecule has 1 rings (SSSR count). The molecule has 1 unspecified atom stereocenters. The van der Waals surface area contributed by atoms with Gasteiger partial charge in [-0.1, -0.05) is 19.1 Å². The van der Waals surface area contributed by atoms with Gasteiger partial charge in [0.2, 0.25) is 5.91 Å². The fourth-order valence-electron chi connectivity index (χ4n) is 1.47. The number of rotatable bonds is 4. The Morgan fingerprint density at radius 1 is 1.37 bits per heavy atom. The molecule has 102 valence electrons. The molecule has 1 aromatic rings. The molecule has 1 atom stereocenters. The first-order valence-electron chi connectivity index (χ1n) is 5.72. The van der Waals surface area contributed by atoms with Crippen molar-refractivity contribution in [2.24, 2.45) is 0 Å². The SMILES string of the molecule is CCC(C#N)NC(=O)Cc1ccc(C(F)(F)F)cc1. The lowest BCUT2D eigenvalue weighted by Gasteiger charge is -2.10. The molecule has 0 aromatic heterocycles. The van der Waals surface area contributed by atoms with Crippen LogP contribution in [0.15, 0.2) is 24.3 Å². The zero-order chi connectivity index (χ0) is 14.5. The first kappa shape index (κ1) is 15.0. The minimum Gasteiger partial charge on any atom is -0.340 e. The fourth-order valence-corrected chi connectivity index (χ4v) is 1.47. The maximum Gasteiger partial charge on any atom is 0.416 e. The molecule has 19 heavy (non-hydrogen) atoms. The molecule has 6 heteroatoms. The molecule has 0 saturated carbocycles. The van der Waals surface area contributed by atoms with Crippen LogP contribution in [0.2, 0.25) is 0 Å². The summed E-state index contributed by atoms with van der Waals surface area (Å²) in [7, 11) is 0. The van der Waals surface area contributed by atoms with Crippen LogP contribution in [0.1, 0.15) is 24.5 Å². The third-order valence-electron chi connectivity index (χ3n) is 2.55. The molecule has 0 aliphatic carbocycles. The van der Waals surface area contributed by atoms with E-state index in [4.69, 9.17) is 5.26 Å². The first-order chi connectivity index (χ1) is 8.86. The van der Waals surface area contributed by atoms with Gasteiger partial charge in [0.1, 0.15) is 6.04 Å². The van der Waals surface area contributed by atoms with Gasteiger partial charge in [-0.25, -0.2) is 0 Å². The van der Waals surface area contributed by atoms with Gasteiger partial charge in [-0.3, -0.25) is 4.79 Å². The van der Waals surface area contributed by atoms with Crippen molar-refractivity contribution in [2.75, 3.05) is 0 Å². The van der Waals surface area contributed by atoms with Crippen LogP contribution in [0.5, 0.6) is 0 Å². The van der Waals surface area contributed by atoms with Crippen molar-refractivity contribution in [1.29, 1.82) is 5.26 Å². The lowest BCUT2D eigenvalue weighted by atomic mass is 10.1. The number of benzene rings is 1. The number of carbonyl (C=O) groups excluding carboxylic acids is 1. The summed E-state index contributed by atoms with van der Waals surface area (Å²) in [5.41, 5.74) is -0.279. The molecule has 0 radical (unpaired) electrons. The van der Waals surface area contributed by atoms with E-state index >= 15 is 0 Å². The molecule has 0 fully saturated rings. The van der Waals surface area contributed by atoms with Crippen molar-refractivity contribution in [3.63, 3.8) is 0 Å². The van der Waals surface area contributed by atoms with Crippen LogP contribution in [0.25, 0.3) is 0 Å². The molecular weight excluding hydrogens is 257 g/mol. The number of halogens is 3. The standard InChI is InChI=1S/C13H13F3N2O/c1-2-11(8-17)18-12(19)7-9-3-5-10(6-4-9)13(14,15)16/h3-6,11H,2,7H2,1H3,(H,18,19). The predicted octanol–water partition coefficient (Wildman–Crippen LogP) is 2.67. The number of hydrogen-bond acceptors (Lipinski definition) is 2. The van der Waals surface area contributed by atoms with Gasteiger partial charge in [0, 0.05) is 0 Å². The molecule has 0 heterocycles. The van der Waals surface area contributed by atoms with Crippen LogP contribution < -0.4 is 5.32 Å². The van der Waals surface area contributed by atoms with Gasteiger partial charge in [-0.15, -0.1) is 0 Å². The average Bonchev–Trinajstić information content (AvgIpc) is 2.35. The Bertz CT molecular complexity index is 474. The minimum atomic E-state index is -4.38. The zero-order valence-corrected chi connectivity index (χ0v) is 10.3. The number of nitrogens with one attached hydrogen (secondary N) is 1. The van der Waals surface area contributed by atoms with Crippen LogP contribution in [0.3, 0.4) is 0 Å². The smallest absolute Gasteiger partial charge is 0.340 e. The summed E-state index contributed by atoms with van der Waals surface area (Å²) >= 11 is 0. The summed E-state index contributed by atoms with van der Waals surface area (Å²) in [6.07, 6.45) is -3.94. The number of alkyl halides is 3. The van der Waals surface area contributed by atoms with Gasteiger partial charge >= 0.3 is 6.18 Å². The van der Waals surface area contributed by atoms with Crippen molar-refractivity contribution >= 4 is 5.91 Å². The topological polar surface area (TPSA) is 52.9 Å². The highest BCUT2D eigenvalue weighted by atomic mass is 19.4. The largest absolute Gasteiger partial charge is 0.416 e. The summed E-state index contributed by atoms with van der Waals surface area (Å²) in [6.45, 7) is 1.76. The third kappa shape index (κ3) is 4.62. The van der Waals surface area contributed by atoms with Gasteiger partial charge < -0.3 is 5.32 Å². The molecule has 1 N–H and O–H groups in total. The average molecular weight is 270 g/mol. The second kappa shape index (κ2) is 6.23. The number of carbonyl (C=O) groups is 1. The molecule has 0 spiro atoms. The summed E-state index contributed by atoms with van der Waals surface area (Å²) < 4.78 is 37.0. The Labute approximate surface area is 109 Å². The van der Waals surface area contributed by atoms with Crippen molar-refractivity contribution in [3.05, 3.63) is 35.4 Å². The maximum absolute atomic E-state index is 12.3. The summed E-state index contributed by atoms with van der Waals surface area (Å²) in [4.78, 5) is 11.5. The second-order valence-electron chi connectivity index (χ2n) is 4.03. The van der Waals surface area contributed by atoms with Crippen LogP contribution in [0.4, 0.5) is 13.2 Å². The van der Waals surface area contributed by atoms with Gasteiger partial charge in [0.15, 0.2) is 0 Å². The highest BCUT2D eigenvalue weighted by Crippen LogP contribution is 2.29. The van der Waals surface area contributed by atoms with Gasteiger partial charge in [0.05, 0.1) is 18.1 Å². The third-order valence-corrected chi connectivity index (χ3v) is 2.55. The maximum atomic E-state index is 12.3. The van der Waals surface area contributed by atoms with Crippen LogP contribution in [-0.2, 0) is 17.4 Å². The van der Waals surface area contributed by atoms with Crippen LogP contribution in [-0.4, -0.2) is 11.9 Å². The fraction of sp³-hybridized carbons (Fsp3) is 0.385. The second-order valence-corrected chi connectivity index (χ2v) is 4.03. The molecule has 1 amide bonds. The molecule has 0 aliphatic heterocycles. The van der Waals surface area contributed by atoms with E-state index in [1.54, 1.807) is 6.92 Å². The summed E-state index contributed by atoms with van der Waals surface area (Å²) in [5.74, 6) is -0.381. The quantitative estimate of drug-likeness (QED) is 0.914. The van der Waals surface area contributed by atoms with Crippen molar-refractivity contribution in [2.45, 2.75) is 32.0 Å². The Hall–Kier alpha value is -2.03. The number of nitrogens with zero attached hydrogens (tertiary/aromatic N) is 1. The minimum absolute atomic E-state index is 0.0453. The van der Waals surface area contributed by atoms with Crippen molar-refractivity contribution in [3.8, 4) is 6.07 Å². The summed E-state index contributed by atoms with van der Waals surface area (Å²) in [6, 6.07) is 5.74. The van der Waals surface area contributed by atoms with Gasteiger partial charge in [0.25, 0.3) is 0 Å². The molecule has 3 nitrogen and oxygen atoms in total. The highest BCUT2D eigenvalue weighted by Gasteiger charge is 2.29. The predicted molar refractivity (Wildman–Crippen MR) is 63.0 cm³/mol. The van der Waals surface area contributed by atoms with Crippen molar-refractivity contribution in [1.82, 2.24) is 5.32 Å². The van der Waals surface area contributed by atoms with E-state index in [2.05, 4.69) is 5.32 Å². The van der Waals surface area contributed by atoms with Crippen molar-refractivity contribution < 1.29 is 18.0 Å². The van der Waals surface area contributed by atoms with E-state index < -0.39 is 17.8 Å². The lowest BCUT2D eigenvalue weighted by molar-refractivity contribution is -0.137. The van der Waals surface area contributed by atoms with E-state index in [1.807, 2.05) is 6.07 Å². The Morgan fingerprint density at radius 3 is 2.37 bits per heavy atom. The Balaban J connectivity index is 2.64. The Kier molecular flexibility index (Phi) is 4.93. The van der Waals surface area contributed by atoms with E-state index in [9.17, 15) is 18.0 Å². The molecule has 0 saturated heterocycles. The lowest BCUT2D eigenvalue weighted by Crippen LogP contribution is -2.34. The van der Waals surface area contributed by atoms with Gasteiger partial charge in [-0.05, 0) is 24.1 Å². The monoisotopic (exact) mass is 270 g/mol. The highest BCUT2D eigenvalue weighted by molar-refractivity contribution is 5.79. The first-order valence-corrected chi connectivity index (χ1v) is 5.72. The Morgan fingerprint density at radius 2 is 1.95 bits per heavy atom. The van der Waals surface area contributed by atoms with E-state index in [-0.39, 0.29) is 12.3 Å². The normalized spacial score (nSPS) is 12.6. The molecular formula is C13H13F3N2O. The zero-order valence-electron chi connectivity index (χ0n) is 10.3. The molecule has 0 aliphatic rings. The molecule has 0 bridgehead atoms.